The number of hydrogen-bond donors (Lipinski definition) is 0. The first-order valence-corrected chi connectivity index (χ1v) is 9.03. The van der Waals surface area contributed by atoms with Crippen molar-refractivity contribution in [2.45, 2.75) is 20.8 Å². The number of nitrogens with zero attached hydrogens (tertiary/aromatic N) is 1. The summed E-state index contributed by atoms with van der Waals surface area (Å²) in [6.45, 7) is 9.17. The summed E-state index contributed by atoms with van der Waals surface area (Å²) in [4.78, 5) is 14.3. The number of rotatable bonds is 10. The summed E-state index contributed by atoms with van der Waals surface area (Å²) in [5.74, 6) is 1.34. The normalized spacial score (nSPS) is 11.5. The van der Waals surface area contributed by atoms with E-state index in [1.807, 2.05) is 54.6 Å². The number of ether oxygens (including phenoxy) is 2. The Morgan fingerprint density at radius 3 is 2.19 bits per heavy atom. The van der Waals surface area contributed by atoms with E-state index in [1.54, 1.807) is 6.08 Å². The Bertz CT molecular complexity index is 721. The van der Waals surface area contributed by atoms with Crippen molar-refractivity contribution >= 4 is 11.9 Å². The molecule has 0 aliphatic rings. The third-order valence-electron chi connectivity index (χ3n) is 4.07. The summed E-state index contributed by atoms with van der Waals surface area (Å²) in [6, 6.07) is 17.1. The Balaban J connectivity index is 2.12. The van der Waals surface area contributed by atoms with E-state index < -0.39 is 0 Å². The third-order valence-corrected chi connectivity index (χ3v) is 4.07. The fourth-order valence-electron chi connectivity index (χ4n) is 2.50. The summed E-state index contributed by atoms with van der Waals surface area (Å²) in [5.41, 5.74) is 0.914. The highest BCUT2D eigenvalue weighted by Crippen LogP contribution is 2.29. The van der Waals surface area contributed by atoms with Crippen LogP contribution in [-0.2, 0) is 4.79 Å². The molecule has 0 atom stereocenters. The summed E-state index contributed by atoms with van der Waals surface area (Å²) in [6.07, 6.45) is 1.75. The molecule has 0 aliphatic heterocycles. The molecule has 2 aromatic rings. The fourth-order valence-corrected chi connectivity index (χ4v) is 2.50. The van der Waals surface area contributed by atoms with Gasteiger partial charge in [0.05, 0.1) is 0 Å². The van der Waals surface area contributed by atoms with Crippen LogP contribution in [0.1, 0.15) is 26.3 Å². The third kappa shape index (κ3) is 6.05. The topological polar surface area (TPSA) is 38.8 Å². The van der Waals surface area contributed by atoms with Crippen LogP contribution in [0.2, 0.25) is 0 Å². The lowest BCUT2D eigenvalue weighted by molar-refractivity contribution is -0.115. The number of allylic oxidation sites excluding steroid dienone is 1. The molecule has 0 aromatic heterocycles. The minimum absolute atomic E-state index is 0.133. The Morgan fingerprint density at radius 1 is 0.962 bits per heavy atom. The molecule has 2 aromatic carbocycles. The lowest BCUT2D eigenvalue weighted by atomic mass is 10.2. The Kier molecular flexibility index (Phi) is 7.90. The van der Waals surface area contributed by atoms with Crippen LogP contribution in [-0.4, -0.2) is 36.9 Å². The predicted octanol–water partition coefficient (Wildman–Crippen LogP) is 4.42. The van der Waals surface area contributed by atoms with Crippen molar-refractivity contribution in [3.8, 4) is 11.5 Å². The molecule has 0 N–H and O–H groups in total. The summed E-state index contributed by atoms with van der Waals surface area (Å²) in [7, 11) is 0. The highest BCUT2D eigenvalue weighted by atomic mass is 16.5. The predicted molar refractivity (Wildman–Crippen MR) is 105 cm³/mol. The zero-order chi connectivity index (χ0) is 18.8. The van der Waals surface area contributed by atoms with Crippen molar-refractivity contribution in [3.63, 3.8) is 0 Å². The SMILES string of the molecule is CCN(CC)CCOc1ccccc1O/C(=C/c1ccccc1)C(C)=O. The Morgan fingerprint density at radius 2 is 1.58 bits per heavy atom. The number of hydrogen-bond acceptors (Lipinski definition) is 4. The molecular formula is C22H27NO3. The lowest BCUT2D eigenvalue weighted by Crippen LogP contribution is -2.27. The number of benzene rings is 2. The van der Waals surface area contributed by atoms with E-state index in [4.69, 9.17) is 9.47 Å². The first-order chi connectivity index (χ1) is 12.6. The molecule has 26 heavy (non-hydrogen) atoms. The molecule has 0 unspecified atom stereocenters. The Labute approximate surface area is 156 Å². The molecule has 0 aliphatic carbocycles. The van der Waals surface area contributed by atoms with Gasteiger partial charge < -0.3 is 14.4 Å². The van der Waals surface area contributed by atoms with Gasteiger partial charge in [-0.25, -0.2) is 0 Å². The van der Waals surface area contributed by atoms with E-state index >= 15 is 0 Å². The summed E-state index contributed by atoms with van der Waals surface area (Å²) >= 11 is 0. The molecule has 0 heterocycles. The second kappa shape index (κ2) is 10.4. The van der Waals surface area contributed by atoms with E-state index in [2.05, 4.69) is 18.7 Å². The van der Waals surface area contributed by atoms with Crippen LogP contribution in [0.4, 0.5) is 0 Å². The largest absolute Gasteiger partial charge is 0.488 e. The zero-order valence-electron chi connectivity index (χ0n) is 15.8. The van der Waals surface area contributed by atoms with Gasteiger partial charge in [-0.15, -0.1) is 0 Å². The van der Waals surface area contributed by atoms with Gasteiger partial charge in [0.25, 0.3) is 0 Å². The van der Waals surface area contributed by atoms with Crippen molar-refractivity contribution in [2.24, 2.45) is 0 Å². The second-order valence-corrected chi connectivity index (χ2v) is 5.90. The van der Waals surface area contributed by atoms with Crippen LogP contribution >= 0.6 is 0 Å². The van der Waals surface area contributed by atoms with Gasteiger partial charge in [-0.3, -0.25) is 4.79 Å². The number of likely N-dealkylation sites (N-methyl/N-ethyl adjacent to an activating group) is 1. The molecule has 0 saturated carbocycles. The molecule has 0 bridgehead atoms. The van der Waals surface area contributed by atoms with E-state index in [0.717, 1.165) is 25.2 Å². The van der Waals surface area contributed by atoms with Gasteiger partial charge in [0.2, 0.25) is 0 Å². The maximum Gasteiger partial charge on any atom is 0.194 e. The number of carbonyl (C=O) groups excluding carboxylic acids is 1. The van der Waals surface area contributed by atoms with E-state index in [-0.39, 0.29) is 11.5 Å². The molecule has 2 rings (SSSR count). The average Bonchev–Trinajstić information content (AvgIpc) is 2.66. The smallest absolute Gasteiger partial charge is 0.194 e. The van der Waals surface area contributed by atoms with E-state index in [0.29, 0.717) is 18.1 Å². The monoisotopic (exact) mass is 353 g/mol. The number of Topliss-reactive ketones (excluding diaryl/α,β-unsaturated/α-hetero) is 1. The molecule has 0 saturated heterocycles. The van der Waals surface area contributed by atoms with Crippen molar-refractivity contribution in [3.05, 3.63) is 65.9 Å². The van der Waals surface area contributed by atoms with Crippen LogP contribution in [0.15, 0.2) is 60.4 Å². The summed E-state index contributed by atoms with van der Waals surface area (Å²) in [5, 5.41) is 0. The molecule has 0 spiro atoms. The van der Waals surface area contributed by atoms with Gasteiger partial charge >= 0.3 is 0 Å². The fraction of sp³-hybridized carbons (Fsp3) is 0.318. The minimum Gasteiger partial charge on any atom is -0.488 e. The number of ketones is 1. The first kappa shape index (κ1) is 19.7. The van der Waals surface area contributed by atoms with Crippen LogP contribution < -0.4 is 9.47 Å². The van der Waals surface area contributed by atoms with Crippen LogP contribution in [0.25, 0.3) is 6.08 Å². The van der Waals surface area contributed by atoms with Crippen LogP contribution in [0.5, 0.6) is 11.5 Å². The van der Waals surface area contributed by atoms with Gasteiger partial charge in [-0.1, -0.05) is 56.3 Å². The summed E-state index contributed by atoms with van der Waals surface area (Å²) < 4.78 is 11.8. The maximum atomic E-state index is 12.0. The lowest BCUT2D eigenvalue weighted by Gasteiger charge is -2.19. The van der Waals surface area contributed by atoms with Crippen molar-refractivity contribution in [1.29, 1.82) is 0 Å². The number of para-hydroxylation sites is 2. The van der Waals surface area contributed by atoms with Gasteiger partial charge in [-0.05, 0) is 36.9 Å². The highest BCUT2D eigenvalue weighted by Gasteiger charge is 2.12. The van der Waals surface area contributed by atoms with Crippen molar-refractivity contribution in [1.82, 2.24) is 4.90 Å². The minimum atomic E-state index is -0.133. The quantitative estimate of drug-likeness (QED) is 0.468. The molecule has 0 fully saturated rings. The maximum absolute atomic E-state index is 12.0. The van der Waals surface area contributed by atoms with E-state index in [1.165, 1.54) is 6.92 Å². The molecule has 4 nitrogen and oxygen atoms in total. The molecular weight excluding hydrogens is 326 g/mol. The highest BCUT2D eigenvalue weighted by molar-refractivity contribution is 5.96. The molecule has 4 heteroatoms. The molecule has 0 amide bonds. The standard InChI is InChI=1S/C22H27NO3/c1-4-23(5-2)15-16-25-20-13-9-10-14-21(20)26-22(18(3)24)17-19-11-7-6-8-12-19/h6-14,17H,4-5,15-16H2,1-3H3/b22-17+. The van der Waals surface area contributed by atoms with Crippen molar-refractivity contribution < 1.29 is 14.3 Å². The Hall–Kier alpha value is -2.59. The van der Waals surface area contributed by atoms with Gasteiger partial charge in [0, 0.05) is 13.5 Å². The van der Waals surface area contributed by atoms with Gasteiger partial charge in [-0.2, -0.15) is 0 Å². The second-order valence-electron chi connectivity index (χ2n) is 5.90. The molecule has 138 valence electrons. The van der Waals surface area contributed by atoms with E-state index in [9.17, 15) is 4.79 Å². The number of carbonyl (C=O) groups is 1. The zero-order valence-corrected chi connectivity index (χ0v) is 15.8. The first-order valence-electron chi connectivity index (χ1n) is 9.03. The van der Waals surface area contributed by atoms with Crippen LogP contribution in [0.3, 0.4) is 0 Å². The van der Waals surface area contributed by atoms with Gasteiger partial charge in [0.1, 0.15) is 6.61 Å². The van der Waals surface area contributed by atoms with Crippen molar-refractivity contribution in [2.75, 3.05) is 26.2 Å². The van der Waals surface area contributed by atoms with Crippen LogP contribution in [0, 0.1) is 0 Å². The van der Waals surface area contributed by atoms with Gasteiger partial charge in [0.15, 0.2) is 23.0 Å². The average molecular weight is 353 g/mol. The molecule has 0 radical (unpaired) electrons.